The molecule has 0 aliphatic carbocycles. The molecule has 1 aliphatic heterocycles. The zero-order valence-corrected chi connectivity index (χ0v) is 17.1. The van der Waals surface area contributed by atoms with Crippen LogP contribution in [0.3, 0.4) is 0 Å². The zero-order chi connectivity index (χ0) is 21.2. The van der Waals surface area contributed by atoms with Gasteiger partial charge in [-0.2, -0.15) is 0 Å². The number of ether oxygens (including phenoxy) is 1. The van der Waals surface area contributed by atoms with E-state index in [0.717, 1.165) is 18.4 Å². The monoisotopic (exact) mass is 412 g/mol. The summed E-state index contributed by atoms with van der Waals surface area (Å²) in [6.45, 7) is 4.17. The summed E-state index contributed by atoms with van der Waals surface area (Å²) < 4.78 is 5.38. The second-order valence-electron chi connectivity index (χ2n) is 6.96. The number of hydrogen-bond donors (Lipinski definition) is 4. The topological polar surface area (TPSA) is 117 Å². The van der Waals surface area contributed by atoms with E-state index < -0.39 is 0 Å². The van der Waals surface area contributed by atoms with Gasteiger partial charge in [0, 0.05) is 51.3 Å². The molecule has 1 aromatic carbocycles. The number of aromatic nitrogens is 2. The minimum Gasteiger partial charge on any atom is -0.368 e. The van der Waals surface area contributed by atoms with Crippen molar-refractivity contribution in [1.29, 1.82) is 0 Å². The van der Waals surface area contributed by atoms with Crippen LogP contribution in [0.2, 0.25) is 0 Å². The molecule has 1 aliphatic rings. The molecule has 3 rings (SSSR count). The predicted molar refractivity (Wildman–Crippen MR) is 115 cm³/mol. The third-order valence-electron chi connectivity index (χ3n) is 4.52. The average Bonchev–Trinajstić information content (AvgIpc) is 3.30. The molecule has 4 N–H and O–H groups in total. The Morgan fingerprint density at radius 3 is 2.27 bits per heavy atom. The Labute approximate surface area is 176 Å². The number of rotatable bonds is 10. The summed E-state index contributed by atoms with van der Waals surface area (Å²) >= 11 is 0. The molecule has 9 nitrogen and oxygen atoms in total. The van der Waals surface area contributed by atoms with Gasteiger partial charge in [-0.1, -0.05) is 30.3 Å². The summed E-state index contributed by atoms with van der Waals surface area (Å²) in [6, 6.07) is 11.5. The molecule has 30 heavy (non-hydrogen) atoms. The van der Waals surface area contributed by atoms with E-state index in [1.54, 1.807) is 0 Å². The van der Waals surface area contributed by atoms with Crippen LogP contribution in [0.1, 0.15) is 19.8 Å². The van der Waals surface area contributed by atoms with Crippen LogP contribution < -0.4 is 21.3 Å². The molecular formula is C21H28N6O3. The molecule has 0 radical (unpaired) electrons. The molecule has 1 fully saturated rings. The van der Waals surface area contributed by atoms with E-state index in [-0.39, 0.29) is 17.9 Å². The Morgan fingerprint density at radius 2 is 1.67 bits per heavy atom. The Kier molecular flexibility index (Phi) is 7.96. The predicted octanol–water partition coefficient (Wildman–Crippen LogP) is 1.40. The van der Waals surface area contributed by atoms with Crippen LogP contribution in [-0.2, 0) is 14.3 Å². The van der Waals surface area contributed by atoms with E-state index in [4.69, 9.17) is 4.74 Å². The van der Waals surface area contributed by atoms with Gasteiger partial charge < -0.3 is 26.0 Å². The van der Waals surface area contributed by atoms with E-state index >= 15 is 0 Å². The zero-order valence-electron chi connectivity index (χ0n) is 17.1. The maximum absolute atomic E-state index is 12.0. The van der Waals surface area contributed by atoms with E-state index in [9.17, 15) is 9.59 Å². The number of anilines is 2. The van der Waals surface area contributed by atoms with Crippen molar-refractivity contribution in [1.82, 2.24) is 20.6 Å². The molecular weight excluding hydrogens is 384 g/mol. The number of carbonyl (C=O) groups is 2. The van der Waals surface area contributed by atoms with E-state index in [2.05, 4.69) is 31.2 Å². The van der Waals surface area contributed by atoms with E-state index in [0.29, 0.717) is 50.2 Å². The molecule has 2 amide bonds. The fraction of sp³-hybridized carbons (Fsp3) is 0.429. The van der Waals surface area contributed by atoms with Gasteiger partial charge in [0.25, 0.3) is 0 Å². The fourth-order valence-electron chi connectivity index (χ4n) is 3.05. The second-order valence-corrected chi connectivity index (χ2v) is 6.96. The quantitative estimate of drug-likeness (QED) is 0.436. The first kappa shape index (κ1) is 21.5. The summed E-state index contributed by atoms with van der Waals surface area (Å²) in [5, 5.41) is 12.1. The highest BCUT2D eigenvalue weighted by molar-refractivity contribution is 5.81. The van der Waals surface area contributed by atoms with Crippen LogP contribution in [-0.4, -0.2) is 60.7 Å². The van der Waals surface area contributed by atoms with Gasteiger partial charge in [-0.05, 0) is 12.8 Å². The Hall–Kier alpha value is -3.20. The minimum atomic E-state index is -0.326. The molecule has 0 saturated carbocycles. The SMILES string of the molecule is CC(=O)NCCNc1cc(NCCNC(=O)C2CCCO2)nc(-c2ccccc2)n1. The number of carbonyl (C=O) groups excluding carboxylic acids is 2. The first-order chi connectivity index (χ1) is 14.6. The number of hydrogen-bond acceptors (Lipinski definition) is 7. The molecule has 9 heteroatoms. The van der Waals surface area contributed by atoms with Crippen molar-refractivity contribution >= 4 is 23.5 Å². The maximum atomic E-state index is 12.0. The van der Waals surface area contributed by atoms with Gasteiger partial charge in [0.15, 0.2) is 5.82 Å². The van der Waals surface area contributed by atoms with Crippen molar-refractivity contribution in [2.75, 3.05) is 43.4 Å². The molecule has 1 unspecified atom stereocenters. The normalized spacial score (nSPS) is 15.4. The highest BCUT2D eigenvalue weighted by Gasteiger charge is 2.22. The number of nitrogens with one attached hydrogen (secondary N) is 4. The molecule has 0 spiro atoms. The van der Waals surface area contributed by atoms with Crippen molar-refractivity contribution in [2.24, 2.45) is 0 Å². The van der Waals surface area contributed by atoms with Gasteiger partial charge in [-0.25, -0.2) is 9.97 Å². The summed E-state index contributed by atoms with van der Waals surface area (Å²) in [5.41, 5.74) is 0.901. The van der Waals surface area contributed by atoms with Crippen molar-refractivity contribution in [3.63, 3.8) is 0 Å². The first-order valence-electron chi connectivity index (χ1n) is 10.2. The van der Waals surface area contributed by atoms with Gasteiger partial charge in [0.05, 0.1) is 0 Å². The van der Waals surface area contributed by atoms with Crippen molar-refractivity contribution in [3.8, 4) is 11.4 Å². The molecule has 1 saturated heterocycles. The summed E-state index contributed by atoms with van der Waals surface area (Å²) in [5.74, 6) is 1.75. The van der Waals surface area contributed by atoms with Crippen LogP contribution in [0.5, 0.6) is 0 Å². The maximum Gasteiger partial charge on any atom is 0.249 e. The van der Waals surface area contributed by atoms with Crippen molar-refractivity contribution in [3.05, 3.63) is 36.4 Å². The average molecular weight is 412 g/mol. The second kappa shape index (κ2) is 11.1. The van der Waals surface area contributed by atoms with Crippen molar-refractivity contribution in [2.45, 2.75) is 25.9 Å². The highest BCUT2D eigenvalue weighted by Crippen LogP contribution is 2.20. The Morgan fingerprint density at radius 1 is 1.00 bits per heavy atom. The van der Waals surface area contributed by atoms with Gasteiger partial charge in [0.1, 0.15) is 17.7 Å². The number of amides is 2. The number of nitrogens with zero attached hydrogens (tertiary/aromatic N) is 2. The summed E-state index contributed by atoms with van der Waals surface area (Å²) in [4.78, 5) is 32.2. The van der Waals surface area contributed by atoms with Crippen LogP contribution in [0.25, 0.3) is 11.4 Å². The summed E-state index contributed by atoms with van der Waals surface area (Å²) in [7, 11) is 0. The van der Waals surface area contributed by atoms with Crippen LogP contribution in [0, 0.1) is 0 Å². The summed E-state index contributed by atoms with van der Waals surface area (Å²) in [6.07, 6.45) is 1.38. The van der Waals surface area contributed by atoms with Gasteiger partial charge in [0.2, 0.25) is 11.8 Å². The van der Waals surface area contributed by atoms with E-state index in [1.807, 2.05) is 36.4 Å². The molecule has 1 aromatic heterocycles. The lowest BCUT2D eigenvalue weighted by Gasteiger charge is -2.13. The third-order valence-corrected chi connectivity index (χ3v) is 4.52. The molecule has 0 bridgehead atoms. The van der Waals surface area contributed by atoms with Gasteiger partial charge in [-0.3, -0.25) is 9.59 Å². The Balaban J connectivity index is 1.59. The van der Waals surface area contributed by atoms with Gasteiger partial charge >= 0.3 is 0 Å². The van der Waals surface area contributed by atoms with Crippen molar-refractivity contribution < 1.29 is 14.3 Å². The minimum absolute atomic E-state index is 0.0673. The third kappa shape index (κ3) is 6.70. The fourth-order valence-corrected chi connectivity index (χ4v) is 3.05. The standard InChI is InChI=1S/C21H28N6O3/c1-15(28)22-9-10-23-18-14-19(27-20(26-18)16-6-3-2-4-7-16)24-11-12-25-21(29)17-8-5-13-30-17/h2-4,6-7,14,17H,5,8-13H2,1H3,(H,22,28)(H,25,29)(H2,23,24,26,27). The number of benzene rings is 1. The molecule has 1 atom stereocenters. The lowest BCUT2D eigenvalue weighted by Crippen LogP contribution is -2.36. The lowest BCUT2D eigenvalue weighted by molar-refractivity contribution is -0.129. The Bertz CT molecular complexity index is 840. The lowest BCUT2D eigenvalue weighted by atomic mass is 10.2. The highest BCUT2D eigenvalue weighted by atomic mass is 16.5. The first-order valence-corrected chi connectivity index (χ1v) is 10.2. The molecule has 2 aromatic rings. The van der Waals surface area contributed by atoms with Crippen LogP contribution >= 0.6 is 0 Å². The largest absolute Gasteiger partial charge is 0.368 e. The smallest absolute Gasteiger partial charge is 0.249 e. The van der Waals surface area contributed by atoms with Gasteiger partial charge in [-0.15, -0.1) is 0 Å². The molecule has 2 heterocycles. The molecule has 160 valence electrons. The van der Waals surface area contributed by atoms with Crippen LogP contribution in [0.15, 0.2) is 36.4 Å². The van der Waals surface area contributed by atoms with E-state index in [1.165, 1.54) is 6.92 Å². The van der Waals surface area contributed by atoms with Crippen LogP contribution in [0.4, 0.5) is 11.6 Å².